The third kappa shape index (κ3) is 2.47. The van der Waals surface area contributed by atoms with Crippen molar-refractivity contribution in [3.63, 3.8) is 0 Å². The SMILES string of the molecule is O=c1c2ccc3c(c2oc2cccc(O)c12)OC(c1ccccc1)(c1ccccc1)O3. The fourth-order valence-electron chi connectivity index (χ4n) is 4.12. The van der Waals surface area contributed by atoms with Crippen LogP contribution in [-0.2, 0) is 5.79 Å². The minimum absolute atomic E-state index is 0.117. The zero-order valence-corrected chi connectivity index (χ0v) is 16.2. The highest BCUT2D eigenvalue weighted by Gasteiger charge is 2.46. The Morgan fingerprint density at radius 1 is 0.710 bits per heavy atom. The zero-order chi connectivity index (χ0) is 21.0. The average molecular weight is 408 g/mol. The molecule has 4 aromatic carbocycles. The molecule has 5 heteroatoms. The normalized spacial score (nSPS) is 14.2. The van der Waals surface area contributed by atoms with Crippen LogP contribution in [-0.4, -0.2) is 5.11 Å². The summed E-state index contributed by atoms with van der Waals surface area (Å²) in [6.07, 6.45) is 0. The second kappa shape index (κ2) is 6.37. The third-order valence-electron chi connectivity index (χ3n) is 5.57. The summed E-state index contributed by atoms with van der Waals surface area (Å²) >= 11 is 0. The molecule has 0 atom stereocenters. The summed E-state index contributed by atoms with van der Waals surface area (Å²) in [5, 5.41) is 10.6. The Bertz CT molecular complexity index is 1460. The van der Waals surface area contributed by atoms with Crippen LogP contribution in [0.25, 0.3) is 21.9 Å². The smallest absolute Gasteiger partial charge is 0.305 e. The van der Waals surface area contributed by atoms with Crippen LogP contribution in [0.5, 0.6) is 17.2 Å². The van der Waals surface area contributed by atoms with Crippen molar-refractivity contribution in [2.24, 2.45) is 0 Å². The van der Waals surface area contributed by atoms with Crippen molar-refractivity contribution in [1.29, 1.82) is 0 Å². The van der Waals surface area contributed by atoms with E-state index in [1.165, 1.54) is 6.07 Å². The molecule has 0 spiro atoms. The standard InChI is InChI=1S/C26H16O5/c27-19-12-7-13-20-22(19)23(28)18-14-15-21-25(24(18)29-20)31-26(30-21,16-8-3-1-4-9-16)17-10-5-2-6-11-17/h1-15,27H. The number of phenols is 1. The van der Waals surface area contributed by atoms with Gasteiger partial charge in [0, 0.05) is 11.1 Å². The number of aromatic hydroxyl groups is 1. The van der Waals surface area contributed by atoms with E-state index in [1.54, 1.807) is 24.3 Å². The maximum absolute atomic E-state index is 13.1. The van der Waals surface area contributed by atoms with Gasteiger partial charge in [0.2, 0.25) is 11.2 Å². The molecule has 31 heavy (non-hydrogen) atoms. The number of hydrogen-bond acceptors (Lipinski definition) is 5. The van der Waals surface area contributed by atoms with Crippen LogP contribution >= 0.6 is 0 Å². The Kier molecular flexibility index (Phi) is 3.62. The van der Waals surface area contributed by atoms with Crippen molar-refractivity contribution >= 4 is 21.9 Å². The van der Waals surface area contributed by atoms with Gasteiger partial charge in [-0.1, -0.05) is 66.7 Å². The van der Waals surface area contributed by atoms with E-state index < -0.39 is 5.79 Å². The molecule has 1 aliphatic heterocycles. The number of benzene rings is 4. The van der Waals surface area contributed by atoms with E-state index in [0.29, 0.717) is 16.9 Å². The lowest BCUT2D eigenvalue weighted by Crippen LogP contribution is -2.36. The van der Waals surface area contributed by atoms with Crippen molar-refractivity contribution in [3.8, 4) is 17.2 Å². The van der Waals surface area contributed by atoms with E-state index in [2.05, 4.69) is 0 Å². The Morgan fingerprint density at radius 2 is 1.39 bits per heavy atom. The van der Waals surface area contributed by atoms with Gasteiger partial charge in [-0.25, -0.2) is 0 Å². The van der Waals surface area contributed by atoms with Crippen molar-refractivity contribution in [1.82, 2.24) is 0 Å². The molecule has 0 unspecified atom stereocenters. The topological polar surface area (TPSA) is 68.9 Å². The predicted molar refractivity (Wildman–Crippen MR) is 117 cm³/mol. The molecular formula is C26H16O5. The maximum atomic E-state index is 13.1. The molecule has 1 N–H and O–H groups in total. The van der Waals surface area contributed by atoms with E-state index in [4.69, 9.17) is 13.9 Å². The largest absolute Gasteiger partial charge is 0.507 e. The molecule has 2 heterocycles. The number of fused-ring (bicyclic) bond motifs is 4. The maximum Gasteiger partial charge on any atom is 0.305 e. The quantitative estimate of drug-likeness (QED) is 0.400. The van der Waals surface area contributed by atoms with Crippen molar-refractivity contribution in [3.05, 3.63) is 112 Å². The first-order valence-corrected chi connectivity index (χ1v) is 9.88. The van der Waals surface area contributed by atoms with Crippen LogP contribution in [0, 0.1) is 0 Å². The van der Waals surface area contributed by atoms with Crippen molar-refractivity contribution < 1.29 is 19.0 Å². The molecule has 5 aromatic rings. The summed E-state index contributed by atoms with van der Waals surface area (Å²) in [5.74, 6) is -0.505. The van der Waals surface area contributed by atoms with Crippen molar-refractivity contribution in [2.75, 3.05) is 0 Å². The van der Waals surface area contributed by atoms with Gasteiger partial charge < -0.3 is 19.0 Å². The lowest BCUT2D eigenvalue weighted by Gasteiger charge is -2.28. The van der Waals surface area contributed by atoms with Gasteiger partial charge in [-0.3, -0.25) is 4.79 Å². The molecule has 150 valence electrons. The molecule has 1 aromatic heterocycles. The fraction of sp³-hybridized carbons (Fsp3) is 0.0385. The zero-order valence-electron chi connectivity index (χ0n) is 16.2. The molecule has 0 amide bonds. The van der Waals surface area contributed by atoms with Crippen LogP contribution in [0.1, 0.15) is 11.1 Å². The minimum atomic E-state index is -1.22. The summed E-state index contributed by atoms with van der Waals surface area (Å²) < 4.78 is 19.0. The summed E-state index contributed by atoms with van der Waals surface area (Å²) in [4.78, 5) is 13.1. The van der Waals surface area contributed by atoms with Gasteiger partial charge >= 0.3 is 5.79 Å². The van der Waals surface area contributed by atoms with Gasteiger partial charge in [-0.05, 0) is 24.3 Å². The Labute approximate surface area is 176 Å². The number of ether oxygens (including phenoxy) is 2. The second-order valence-corrected chi connectivity index (χ2v) is 7.40. The highest BCUT2D eigenvalue weighted by Crippen LogP contribution is 2.50. The number of phenolic OH excluding ortho intramolecular Hbond substituents is 1. The molecule has 5 nitrogen and oxygen atoms in total. The minimum Gasteiger partial charge on any atom is -0.507 e. The van der Waals surface area contributed by atoms with E-state index in [1.807, 2.05) is 60.7 Å². The number of rotatable bonds is 2. The van der Waals surface area contributed by atoms with Crippen LogP contribution in [0.3, 0.4) is 0 Å². The van der Waals surface area contributed by atoms with Crippen LogP contribution in [0.4, 0.5) is 0 Å². The lowest BCUT2D eigenvalue weighted by atomic mass is 9.97. The van der Waals surface area contributed by atoms with E-state index in [0.717, 1.165) is 11.1 Å². The molecule has 0 radical (unpaired) electrons. The Balaban J connectivity index is 1.64. The molecule has 0 saturated carbocycles. The number of hydrogen-bond donors (Lipinski definition) is 1. The van der Waals surface area contributed by atoms with Gasteiger partial charge in [-0.2, -0.15) is 0 Å². The van der Waals surface area contributed by atoms with Crippen molar-refractivity contribution in [2.45, 2.75) is 5.79 Å². The highest BCUT2D eigenvalue weighted by atomic mass is 16.7. The average Bonchev–Trinajstić information content (AvgIpc) is 3.22. The van der Waals surface area contributed by atoms with Gasteiger partial charge in [0.15, 0.2) is 11.3 Å². The Hall–Kier alpha value is -4.25. The molecule has 0 fully saturated rings. The van der Waals surface area contributed by atoms with Crippen LogP contribution in [0.15, 0.2) is 100 Å². The molecule has 6 rings (SSSR count). The highest BCUT2D eigenvalue weighted by molar-refractivity contribution is 5.96. The monoisotopic (exact) mass is 408 g/mol. The summed E-state index contributed by atoms with van der Waals surface area (Å²) in [6.45, 7) is 0. The first-order chi connectivity index (χ1) is 15.2. The van der Waals surface area contributed by atoms with Gasteiger partial charge in [0.1, 0.15) is 16.7 Å². The van der Waals surface area contributed by atoms with Gasteiger partial charge in [0.05, 0.1) is 5.39 Å². The molecular weight excluding hydrogens is 392 g/mol. The summed E-state index contributed by atoms with van der Waals surface area (Å²) in [5.41, 5.74) is 1.87. The van der Waals surface area contributed by atoms with E-state index in [-0.39, 0.29) is 27.7 Å². The molecule has 1 aliphatic rings. The first kappa shape index (κ1) is 17.6. The third-order valence-corrected chi connectivity index (χ3v) is 5.57. The van der Waals surface area contributed by atoms with Gasteiger partial charge in [-0.15, -0.1) is 0 Å². The molecule has 0 aliphatic carbocycles. The van der Waals surface area contributed by atoms with Crippen LogP contribution in [0.2, 0.25) is 0 Å². The van der Waals surface area contributed by atoms with Gasteiger partial charge in [0.25, 0.3) is 0 Å². The van der Waals surface area contributed by atoms with Crippen LogP contribution < -0.4 is 14.9 Å². The van der Waals surface area contributed by atoms with E-state index in [9.17, 15) is 9.90 Å². The fourth-order valence-corrected chi connectivity index (χ4v) is 4.12. The first-order valence-electron chi connectivity index (χ1n) is 9.88. The van der Waals surface area contributed by atoms with E-state index >= 15 is 0 Å². The molecule has 0 bridgehead atoms. The Morgan fingerprint density at radius 3 is 2.06 bits per heavy atom. The summed E-state index contributed by atoms with van der Waals surface area (Å²) in [6, 6.07) is 27.4. The molecule has 0 saturated heterocycles. The predicted octanol–water partition coefficient (Wildman–Crippen LogP) is 5.32. The lowest BCUT2D eigenvalue weighted by molar-refractivity contribution is -0.0456. The summed E-state index contributed by atoms with van der Waals surface area (Å²) in [7, 11) is 0. The second-order valence-electron chi connectivity index (χ2n) is 7.40.